The minimum atomic E-state index is -0.748. The van der Waals surface area contributed by atoms with Gasteiger partial charge in [0.05, 0.1) is 18.6 Å². The van der Waals surface area contributed by atoms with Gasteiger partial charge in [0.1, 0.15) is 0 Å². The van der Waals surface area contributed by atoms with Gasteiger partial charge in [-0.3, -0.25) is 4.79 Å². The van der Waals surface area contributed by atoms with Gasteiger partial charge in [0, 0.05) is 0 Å². The summed E-state index contributed by atoms with van der Waals surface area (Å²) < 4.78 is 4.58. The van der Waals surface area contributed by atoms with E-state index in [1.807, 2.05) is 0 Å². The van der Waals surface area contributed by atoms with Gasteiger partial charge >= 0.3 is 11.9 Å². The van der Waals surface area contributed by atoms with Crippen molar-refractivity contribution in [2.45, 2.75) is 12.3 Å². The fourth-order valence-corrected chi connectivity index (χ4v) is 1.82. The monoisotopic (exact) mass is 220 g/mol. The Labute approximate surface area is 92.8 Å². The Bertz CT molecular complexity index is 421. The summed E-state index contributed by atoms with van der Waals surface area (Å²) in [5, 5.41) is 8.79. The van der Waals surface area contributed by atoms with Crippen molar-refractivity contribution >= 4 is 11.9 Å². The van der Waals surface area contributed by atoms with Crippen molar-refractivity contribution in [3.63, 3.8) is 0 Å². The first-order chi connectivity index (χ1) is 7.63. The number of carbonyl (C=O) groups is 2. The zero-order chi connectivity index (χ0) is 11.7. The molecule has 1 unspecified atom stereocenters. The van der Waals surface area contributed by atoms with Crippen LogP contribution >= 0.6 is 0 Å². The van der Waals surface area contributed by atoms with Crippen LogP contribution in [0, 0.1) is 5.92 Å². The molecule has 1 N–H and O–H groups in total. The van der Waals surface area contributed by atoms with Crippen molar-refractivity contribution in [2.75, 3.05) is 7.11 Å². The van der Waals surface area contributed by atoms with Crippen LogP contribution in [-0.2, 0) is 9.53 Å². The molecule has 0 aromatic heterocycles. The summed E-state index contributed by atoms with van der Waals surface area (Å²) in [7, 11) is 1.33. The maximum absolute atomic E-state index is 11.2. The van der Waals surface area contributed by atoms with Crippen LogP contribution in [0.4, 0.5) is 0 Å². The molecular formula is C12H12O4. The summed E-state index contributed by atoms with van der Waals surface area (Å²) in [4.78, 5) is 21.9. The summed E-state index contributed by atoms with van der Waals surface area (Å²) in [6, 6.07) is 6.91. The van der Waals surface area contributed by atoms with Crippen LogP contribution in [0.1, 0.15) is 28.3 Å². The lowest BCUT2D eigenvalue weighted by Crippen LogP contribution is -2.01. The molecule has 0 heterocycles. The third kappa shape index (κ3) is 1.91. The van der Waals surface area contributed by atoms with Crippen LogP contribution in [0.25, 0.3) is 0 Å². The van der Waals surface area contributed by atoms with Crippen molar-refractivity contribution in [3.8, 4) is 0 Å². The number of carboxylic acid groups (broad SMARTS) is 1. The fourth-order valence-electron chi connectivity index (χ4n) is 1.82. The maximum atomic E-state index is 11.2. The van der Waals surface area contributed by atoms with Gasteiger partial charge in [0.2, 0.25) is 0 Å². The minimum absolute atomic E-state index is 0.101. The fraction of sp³-hybridized carbons (Fsp3) is 0.333. The molecule has 0 spiro atoms. The Kier molecular flexibility index (Phi) is 2.64. The van der Waals surface area contributed by atoms with Gasteiger partial charge in [-0.2, -0.15) is 0 Å². The number of hydrogen-bond donors (Lipinski definition) is 1. The molecule has 0 amide bonds. The first kappa shape index (κ1) is 10.7. The van der Waals surface area contributed by atoms with Gasteiger partial charge in [-0.05, 0) is 30.0 Å². The van der Waals surface area contributed by atoms with Gasteiger partial charge in [0.25, 0.3) is 0 Å². The van der Waals surface area contributed by atoms with E-state index >= 15 is 0 Å². The average Bonchev–Trinajstić information content (AvgIpc) is 3.08. The van der Waals surface area contributed by atoms with Crippen molar-refractivity contribution in [1.82, 2.24) is 0 Å². The quantitative estimate of drug-likeness (QED) is 0.787. The summed E-state index contributed by atoms with van der Waals surface area (Å²) >= 11 is 0. The van der Waals surface area contributed by atoms with Gasteiger partial charge in [-0.25, -0.2) is 4.79 Å². The highest BCUT2D eigenvalue weighted by atomic mass is 16.5. The van der Waals surface area contributed by atoms with E-state index in [2.05, 4.69) is 4.74 Å². The lowest BCUT2D eigenvalue weighted by molar-refractivity contribution is -0.138. The molecule has 2 atom stereocenters. The number of ether oxygens (including phenoxy) is 1. The molecule has 84 valence electrons. The predicted octanol–water partition coefficient (Wildman–Crippen LogP) is 1.66. The second-order valence-electron chi connectivity index (χ2n) is 3.90. The van der Waals surface area contributed by atoms with E-state index in [1.54, 1.807) is 24.3 Å². The minimum Gasteiger partial charge on any atom is -0.481 e. The molecule has 0 bridgehead atoms. The molecule has 2 rings (SSSR count). The average molecular weight is 220 g/mol. The van der Waals surface area contributed by atoms with Gasteiger partial charge in [-0.15, -0.1) is 0 Å². The molecule has 0 saturated heterocycles. The molecule has 1 aliphatic carbocycles. The zero-order valence-electron chi connectivity index (χ0n) is 8.84. The summed E-state index contributed by atoms with van der Waals surface area (Å²) in [6.07, 6.45) is 0.687. The molecule has 4 heteroatoms. The Morgan fingerprint density at radius 2 is 1.94 bits per heavy atom. The standard InChI is InChI=1S/C12H12O4/c1-16-12(15)8-4-2-7(3-5-8)9-6-10(9)11(13)14/h2-5,9-10H,6H2,1H3,(H,13,14)/t9?,10-/m1/s1. The highest BCUT2D eigenvalue weighted by molar-refractivity contribution is 5.89. The SMILES string of the molecule is COC(=O)c1ccc(C2C[C@H]2C(=O)O)cc1. The van der Waals surface area contributed by atoms with Gasteiger partial charge < -0.3 is 9.84 Å². The summed E-state index contributed by atoms with van der Waals surface area (Å²) in [5.41, 5.74) is 1.46. The number of aliphatic carboxylic acids is 1. The van der Waals surface area contributed by atoms with E-state index in [0.717, 1.165) is 5.56 Å². The molecule has 4 nitrogen and oxygen atoms in total. The smallest absolute Gasteiger partial charge is 0.337 e. The molecule has 1 aromatic carbocycles. The van der Waals surface area contributed by atoms with E-state index in [0.29, 0.717) is 12.0 Å². The Morgan fingerprint density at radius 1 is 1.31 bits per heavy atom. The number of rotatable bonds is 3. The molecule has 16 heavy (non-hydrogen) atoms. The molecule has 0 radical (unpaired) electrons. The highest BCUT2D eigenvalue weighted by Gasteiger charge is 2.44. The first-order valence-electron chi connectivity index (χ1n) is 5.04. The van der Waals surface area contributed by atoms with E-state index in [4.69, 9.17) is 5.11 Å². The Balaban J connectivity index is 2.09. The van der Waals surface area contributed by atoms with Crippen LogP contribution in [0.15, 0.2) is 24.3 Å². The second-order valence-corrected chi connectivity index (χ2v) is 3.90. The first-order valence-corrected chi connectivity index (χ1v) is 5.04. The van der Waals surface area contributed by atoms with Gasteiger partial charge in [-0.1, -0.05) is 12.1 Å². The molecule has 1 aliphatic rings. The molecule has 1 aromatic rings. The number of esters is 1. The topological polar surface area (TPSA) is 63.6 Å². The molecule has 1 saturated carbocycles. The molecule has 1 fully saturated rings. The lowest BCUT2D eigenvalue weighted by Gasteiger charge is -2.01. The molecular weight excluding hydrogens is 208 g/mol. The van der Waals surface area contributed by atoms with E-state index in [9.17, 15) is 9.59 Å². The highest BCUT2D eigenvalue weighted by Crippen LogP contribution is 2.47. The van der Waals surface area contributed by atoms with E-state index in [-0.39, 0.29) is 17.8 Å². The van der Waals surface area contributed by atoms with E-state index in [1.165, 1.54) is 7.11 Å². The lowest BCUT2D eigenvalue weighted by atomic mass is 10.1. The van der Waals surface area contributed by atoms with Crippen LogP contribution in [-0.4, -0.2) is 24.2 Å². The van der Waals surface area contributed by atoms with Crippen LogP contribution < -0.4 is 0 Å². The summed E-state index contributed by atoms with van der Waals surface area (Å²) in [6.45, 7) is 0. The number of carboxylic acids is 1. The normalized spacial score (nSPS) is 22.6. The Hall–Kier alpha value is -1.84. The van der Waals surface area contributed by atoms with E-state index < -0.39 is 5.97 Å². The number of hydrogen-bond acceptors (Lipinski definition) is 3. The largest absolute Gasteiger partial charge is 0.481 e. The van der Waals surface area contributed by atoms with Crippen molar-refractivity contribution in [2.24, 2.45) is 5.92 Å². The number of methoxy groups -OCH3 is 1. The number of benzene rings is 1. The van der Waals surface area contributed by atoms with Gasteiger partial charge in [0.15, 0.2) is 0 Å². The van der Waals surface area contributed by atoms with Crippen molar-refractivity contribution < 1.29 is 19.4 Å². The number of carbonyl (C=O) groups excluding carboxylic acids is 1. The van der Waals surface area contributed by atoms with Crippen LogP contribution in [0.2, 0.25) is 0 Å². The third-order valence-electron chi connectivity index (χ3n) is 2.87. The summed E-state index contributed by atoms with van der Waals surface area (Å²) in [5.74, 6) is -1.28. The maximum Gasteiger partial charge on any atom is 0.337 e. The van der Waals surface area contributed by atoms with Crippen molar-refractivity contribution in [3.05, 3.63) is 35.4 Å². The van der Waals surface area contributed by atoms with Crippen LogP contribution in [0.3, 0.4) is 0 Å². The zero-order valence-corrected chi connectivity index (χ0v) is 8.84. The van der Waals surface area contributed by atoms with Crippen molar-refractivity contribution in [1.29, 1.82) is 0 Å². The third-order valence-corrected chi connectivity index (χ3v) is 2.87. The molecule has 0 aliphatic heterocycles. The van der Waals surface area contributed by atoms with Crippen LogP contribution in [0.5, 0.6) is 0 Å². The predicted molar refractivity (Wildman–Crippen MR) is 56.3 cm³/mol. The second kappa shape index (κ2) is 3.96. The Morgan fingerprint density at radius 3 is 2.38 bits per heavy atom.